The number of hydrogen-bond acceptors (Lipinski definition) is 7. The standard InChI is InChI=1S/C20H23N3O5/c1-2-27-17-7-5-16(6-8-17)18(24)9-10-20(26)28-15-19(25)23(13-3-11-21)14-4-12-22/h5-8H,2-4,9-10,13-15H2,1H3. The monoisotopic (exact) mass is 385 g/mol. The SMILES string of the molecule is CCOc1ccc(C(=O)CCC(=O)OCC(=O)N(CCC#N)CCC#N)cc1. The second-order valence-electron chi connectivity index (χ2n) is 5.74. The normalized spacial score (nSPS) is 9.68. The lowest BCUT2D eigenvalue weighted by atomic mass is 10.1. The molecule has 8 nitrogen and oxygen atoms in total. The Labute approximate surface area is 164 Å². The number of ether oxygens (including phenoxy) is 2. The quantitative estimate of drug-likeness (QED) is 0.399. The van der Waals surface area contributed by atoms with E-state index in [1.807, 2.05) is 19.1 Å². The Balaban J connectivity index is 2.42. The van der Waals surface area contributed by atoms with Crippen molar-refractivity contribution in [1.29, 1.82) is 10.5 Å². The maximum Gasteiger partial charge on any atom is 0.306 e. The molecule has 0 spiro atoms. The molecule has 0 radical (unpaired) electrons. The van der Waals surface area contributed by atoms with Gasteiger partial charge in [0.1, 0.15) is 5.75 Å². The molecule has 8 heteroatoms. The first kappa shape index (κ1) is 22.7. The molecular weight excluding hydrogens is 362 g/mol. The van der Waals surface area contributed by atoms with Crippen LogP contribution < -0.4 is 4.74 Å². The van der Waals surface area contributed by atoms with Gasteiger partial charge in [0.2, 0.25) is 0 Å². The average Bonchev–Trinajstić information content (AvgIpc) is 2.71. The van der Waals surface area contributed by atoms with E-state index in [-0.39, 0.29) is 44.6 Å². The number of hydrogen-bond donors (Lipinski definition) is 0. The lowest BCUT2D eigenvalue weighted by molar-refractivity contribution is -0.152. The molecule has 0 heterocycles. The van der Waals surface area contributed by atoms with Crippen LogP contribution in [0.25, 0.3) is 0 Å². The number of ketones is 1. The molecule has 1 aromatic carbocycles. The first-order valence-electron chi connectivity index (χ1n) is 8.95. The molecule has 1 amide bonds. The van der Waals surface area contributed by atoms with Crippen molar-refractivity contribution in [3.63, 3.8) is 0 Å². The van der Waals surface area contributed by atoms with E-state index in [0.29, 0.717) is 17.9 Å². The zero-order chi connectivity index (χ0) is 20.8. The first-order chi connectivity index (χ1) is 13.5. The first-order valence-corrected chi connectivity index (χ1v) is 8.95. The van der Waals surface area contributed by atoms with Crippen molar-refractivity contribution in [1.82, 2.24) is 4.90 Å². The van der Waals surface area contributed by atoms with Gasteiger partial charge in [0.25, 0.3) is 5.91 Å². The van der Waals surface area contributed by atoms with Gasteiger partial charge in [-0.25, -0.2) is 0 Å². The van der Waals surface area contributed by atoms with Gasteiger partial charge in [-0.15, -0.1) is 0 Å². The van der Waals surface area contributed by atoms with Crippen molar-refractivity contribution in [2.24, 2.45) is 0 Å². The summed E-state index contributed by atoms with van der Waals surface area (Å²) in [5.74, 6) is -0.685. The highest BCUT2D eigenvalue weighted by molar-refractivity contribution is 5.97. The molecule has 0 N–H and O–H groups in total. The summed E-state index contributed by atoms with van der Waals surface area (Å²) in [5.41, 5.74) is 0.464. The zero-order valence-electron chi connectivity index (χ0n) is 15.8. The summed E-state index contributed by atoms with van der Waals surface area (Å²) in [5, 5.41) is 17.2. The third-order valence-corrected chi connectivity index (χ3v) is 3.74. The van der Waals surface area contributed by atoms with Crippen molar-refractivity contribution in [2.45, 2.75) is 32.6 Å². The van der Waals surface area contributed by atoms with Crippen LogP contribution in [-0.2, 0) is 14.3 Å². The fourth-order valence-corrected chi connectivity index (χ4v) is 2.30. The molecule has 0 bridgehead atoms. The highest BCUT2D eigenvalue weighted by atomic mass is 16.5. The zero-order valence-corrected chi connectivity index (χ0v) is 15.8. The lowest BCUT2D eigenvalue weighted by Crippen LogP contribution is -2.36. The molecule has 0 unspecified atom stereocenters. The van der Waals surface area contributed by atoms with Crippen LogP contribution >= 0.6 is 0 Å². The predicted molar refractivity (Wildman–Crippen MR) is 99.2 cm³/mol. The molecular formula is C20H23N3O5. The molecule has 1 rings (SSSR count). The van der Waals surface area contributed by atoms with Gasteiger partial charge in [0.15, 0.2) is 12.4 Å². The van der Waals surface area contributed by atoms with E-state index in [9.17, 15) is 14.4 Å². The molecule has 0 saturated heterocycles. The minimum absolute atomic E-state index is 0.0341. The summed E-state index contributed by atoms with van der Waals surface area (Å²) in [7, 11) is 0. The van der Waals surface area contributed by atoms with Crippen LogP contribution in [-0.4, -0.2) is 48.9 Å². The van der Waals surface area contributed by atoms with Crippen molar-refractivity contribution in [2.75, 3.05) is 26.3 Å². The van der Waals surface area contributed by atoms with Gasteiger partial charge in [0.05, 0.1) is 38.0 Å². The van der Waals surface area contributed by atoms with Gasteiger partial charge in [-0.05, 0) is 31.2 Å². The van der Waals surface area contributed by atoms with E-state index in [1.54, 1.807) is 24.3 Å². The van der Waals surface area contributed by atoms with Crippen molar-refractivity contribution < 1.29 is 23.9 Å². The second-order valence-corrected chi connectivity index (χ2v) is 5.74. The highest BCUT2D eigenvalue weighted by Gasteiger charge is 2.16. The highest BCUT2D eigenvalue weighted by Crippen LogP contribution is 2.14. The minimum atomic E-state index is -0.659. The Morgan fingerprint density at radius 1 is 1.00 bits per heavy atom. The van der Waals surface area contributed by atoms with Gasteiger partial charge in [-0.3, -0.25) is 14.4 Å². The van der Waals surface area contributed by atoms with Gasteiger partial charge >= 0.3 is 5.97 Å². The van der Waals surface area contributed by atoms with E-state index in [1.165, 1.54) is 4.90 Å². The van der Waals surface area contributed by atoms with Crippen LogP contribution in [0.15, 0.2) is 24.3 Å². The van der Waals surface area contributed by atoms with E-state index < -0.39 is 18.5 Å². The Morgan fingerprint density at radius 3 is 2.14 bits per heavy atom. The second kappa shape index (κ2) is 12.9. The van der Waals surface area contributed by atoms with Crippen LogP contribution in [0.3, 0.4) is 0 Å². The predicted octanol–water partition coefficient (Wildman–Crippen LogP) is 2.25. The largest absolute Gasteiger partial charge is 0.494 e. The fraction of sp³-hybridized carbons (Fsp3) is 0.450. The van der Waals surface area contributed by atoms with Crippen LogP contribution in [0.1, 0.15) is 43.0 Å². The summed E-state index contributed by atoms with van der Waals surface area (Å²) in [4.78, 5) is 37.3. The van der Waals surface area contributed by atoms with E-state index in [2.05, 4.69) is 0 Å². The lowest BCUT2D eigenvalue weighted by Gasteiger charge is -2.20. The van der Waals surface area contributed by atoms with Crippen molar-refractivity contribution in [3.8, 4) is 17.9 Å². The molecule has 0 aromatic heterocycles. The smallest absolute Gasteiger partial charge is 0.306 e. The third kappa shape index (κ3) is 8.33. The summed E-state index contributed by atoms with van der Waals surface area (Å²) < 4.78 is 10.2. The topological polar surface area (TPSA) is 120 Å². The fourth-order valence-electron chi connectivity index (χ4n) is 2.30. The molecule has 0 fully saturated rings. The average molecular weight is 385 g/mol. The van der Waals surface area contributed by atoms with Crippen molar-refractivity contribution in [3.05, 3.63) is 29.8 Å². The van der Waals surface area contributed by atoms with Gasteiger partial charge in [-0.2, -0.15) is 10.5 Å². The summed E-state index contributed by atoms with van der Waals surface area (Å²) in [6, 6.07) is 10.5. The maximum absolute atomic E-state index is 12.1. The number of rotatable bonds is 12. The van der Waals surface area contributed by atoms with Gasteiger partial charge < -0.3 is 14.4 Å². The molecule has 0 saturated carbocycles. The number of amides is 1. The number of benzene rings is 1. The summed E-state index contributed by atoms with van der Waals surface area (Å²) >= 11 is 0. The number of carbonyl (C=O) groups is 3. The minimum Gasteiger partial charge on any atom is -0.494 e. The number of Topliss-reactive ketones (excluding diaryl/α,β-unsaturated/α-hetero) is 1. The van der Waals surface area contributed by atoms with E-state index >= 15 is 0 Å². The molecule has 0 aliphatic rings. The van der Waals surface area contributed by atoms with Gasteiger partial charge in [0, 0.05) is 25.1 Å². The Bertz CT molecular complexity index is 729. The van der Waals surface area contributed by atoms with Crippen LogP contribution in [0, 0.1) is 22.7 Å². The Hall–Kier alpha value is -3.39. The number of nitrogens with zero attached hydrogens (tertiary/aromatic N) is 3. The molecule has 0 aliphatic carbocycles. The summed E-state index contributed by atoms with van der Waals surface area (Å²) in [6.45, 7) is 2.26. The Kier molecular flexibility index (Phi) is 10.4. The van der Waals surface area contributed by atoms with Crippen LogP contribution in [0.4, 0.5) is 0 Å². The number of nitriles is 2. The maximum atomic E-state index is 12.1. The number of carbonyl (C=O) groups excluding carboxylic acids is 3. The Morgan fingerprint density at radius 2 is 1.61 bits per heavy atom. The molecule has 28 heavy (non-hydrogen) atoms. The van der Waals surface area contributed by atoms with Crippen LogP contribution in [0.2, 0.25) is 0 Å². The summed E-state index contributed by atoms with van der Waals surface area (Å²) in [6.07, 6.45) is 0.0761. The number of esters is 1. The molecule has 0 aliphatic heterocycles. The molecule has 0 atom stereocenters. The van der Waals surface area contributed by atoms with Crippen LogP contribution in [0.5, 0.6) is 5.75 Å². The van der Waals surface area contributed by atoms with Gasteiger partial charge in [-0.1, -0.05) is 0 Å². The van der Waals surface area contributed by atoms with Crippen molar-refractivity contribution >= 4 is 17.7 Å². The molecule has 148 valence electrons. The van der Waals surface area contributed by atoms with E-state index in [4.69, 9.17) is 20.0 Å². The third-order valence-electron chi connectivity index (χ3n) is 3.74. The van der Waals surface area contributed by atoms with E-state index in [0.717, 1.165) is 0 Å². The molecule has 1 aromatic rings.